The Labute approximate surface area is 170 Å². The molecule has 1 aliphatic heterocycles. The third kappa shape index (κ3) is 5.03. The minimum atomic E-state index is -0.457. The summed E-state index contributed by atoms with van der Waals surface area (Å²) >= 11 is 0. The molecule has 0 saturated carbocycles. The van der Waals surface area contributed by atoms with Crippen LogP contribution in [0.5, 0.6) is 5.75 Å². The molecule has 29 heavy (non-hydrogen) atoms. The van der Waals surface area contributed by atoms with Gasteiger partial charge in [0.1, 0.15) is 11.4 Å². The number of piperazine rings is 1. The highest BCUT2D eigenvalue weighted by molar-refractivity contribution is 5.94. The van der Waals surface area contributed by atoms with E-state index in [1.54, 1.807) is 13.2 Å². The summed E-state index contributed by atoms with van der Waals surface area (Å²) in [6.07, 6.45) is 0. The van der Waals surface area contributed by atoms with Crippen molar-refractivity contribution in [2.45, 2.75) is 13.8 Å². The van der Waals surface area contributed by atoms with Crippen LogP contribution in [0, 0.1) is 24.0 Å². The number of anilines is 2. The molecule has 8 heteroatoms. The van der Waals surface area contributed by atoms with Gasteiger partial charge in [0.25, 0.3) is 11.6 Å². The fraction of sp³-hybridized carbons (Fsp3) is 0.381. The Hall–Kier alpha value is -3.13. The topological polar surface area (TPSA) is 89.2 Å². The number of quaternary nitrogens is 1. The molecule has 1 heterocycles. The molecular formula is C21H27N4O4+. The van der Waals surface area contributed by atoms with E-state index >= 15 is 0 Å². The second-order valence-corrected chi connectivity index (χ2v) is 7.37. The zero-order valence-electron chi connectivity index (χ0n) is 17.0. The summed E-state index contributed by atoms with van der Waals surface area (Å²) in [4.78, 5) is 26.8. The number of amides is 1. The van der Waals surface area contributed by atoms with Crippen LogP contribution in [-0.2, 0) is 4.79 Å². The van der Waals surface area contributed by atoms with Crippen molar-refractivity contribution in [3.63, 3.8) is 0 Å². The summed E-state index contributed by atoms with van der Waals surface area (Å²) in [5.74, 6) is 0.618. The van der Waals surface area contributed by atoms with Gasteiger partial charge in [0, 0.05) is 17.8 Å². The largest absolute Gasteiger partial charge is 0.497 e. The summed E-state index contributed by atoms with van der Waals surface area (Å²) in [7, 11) is 1.65. The van der Waals surface area contributed by atoms with Crippen LogP contribution < -0.4 is 19.9 Å². The predicted molar refractivity (Wildman–Crippen MR) is 112 cm³/mol. The average molecular weight is 399 g/mol. The van der Waals surface area contributed by atoms with Gasteiger partial charge in [-0.25, -0.2) is 0 Å². The molecular weight excluding hydrogens is 372 g/mol. The van der Waals surface area contributed by atoms with Crippen LogP contribution >= 0.6 is 0 Å². The van der Waals surface area contributed by atoms with Gasteiger partial charge >= 0.3 is 0 Å². The van der Waals surface area contributed by atoms with Crippen LogP contribution in [0.15, 0.2) is 36.4 Å². The lowest BCUT2D eigenvalue weighted by molar-refractivity contribution is -0.892. The second kappa shape index (κ2) is 8.91. The van der Waals surface area contributed by atoms with E-state index in [0.29, 0.717) is 0 Å². The first-order chi connectivity index (χ1) is 13.9. The summed E-state index contributed by atoms with van der Waals surface area (Å²) in [5.41, 5.74) is 3.04. The summed E-state index contributed by atoms with van der Waals surface area (Å²) < 4.78 is 5.29. The lowest BCUT2D eigenvalue weighted by Gasteiger charge is -2.33. The van der Waals surface area contributed by atoms with Gasteiger partial charge in [0.15, 0.2) is 6.54 Å². The van der Waals surface area contributed by atoms with E-state index in [0.717, 1.165) is 53.6 Å². The van der Waals surface area contributed by atoms with Crippen LogP contribution in [-0.4, -0.2) is 50.7 Å². The number of nitrogens with zero attached hydrogens (tertiary/aromatic N) is 2. The normalized spacial score (nSPS) is 14.5. The number of aryl methyl sites for hydroxylation is 2. The molecule has 2 aromatic rings. The number of ether oxygens (including phenoxy) is 1. The monoisotopic (exact) mass is 399 g/mol. The molecule has 0 aliphatic carbocycles. The fourth-order valence-corrected chi connectivity index (χ4v) is 3.54. The van der Waals surface area contributed by atoms with E-state index in [-0.39, 0.29) is 23.8 Å². The zero-order valence-corrected chi connectivity index (χ0v) is 17.0. The third-order valence-corrected chi connectivity index (χ3v) is 5.38. The molecule has 0 aromatic heterocycles. The van der Waals surface area contributed by atoms with Gasteiger partial charge in [-0.1, -0.05) is 6.07 Å². The number of nitro groups is 1. The summed E-state index contributed by atoms with van der Waals surface area (Å²) in [6, 6.07) is 11.1. The highest BCUT2D eigenvalue weighted by Crippen LogP contribution is 2.27. The third-order valence-electron chi connectivity index (χ3n) is 5.38. The quantitative estimate of drug-likeness (QED) is 0.569. The number of carbonyl (C=O) groups is 1. The molecule has 1 fully saturated rings. The SMILES string of the molecule is COc1cccc(N2CC[NH+](CC(=O)Nc3cc(C)c(C)cc3[N+](=O)[O-])CC2)c1. The fourth-order valence-electron chi connectivity index (χ4n) is 3.54. The van der Waals surface area contributed by atoms with Gasteiger partial charge in [0.05, 0.1) is 38.2 Å². The van der Waals surface area contributed by atoms with Gasteiger partial charge in [-0.15, -0.1) is 0 Å². The molecule has 0 spiro atoms. The number of carbonyl (C=O) groups excluding carboxylic acids is 1. The van der Waals surface area contributed by atoms with Crippen LogP contribution in [0.1, 0.15) is 11.1 Å². The lowest BCUT2D eigenvalue weighted by Crippen LogP contribution is -3.15. The van der Waals surface area contributed by atoms with Crippen LogP contribution in [0.2, 0.25) is 0 Å². The lowest BCUT2D eigenvalue weighted by atomic mass is 10.1. The Morgan fingerprint density at radius 1 is 1.21 bits per heavy atom. The van der Waals surface area contributed by atoms with Crippen molar-refractivity contribution in [2.24, 2.45) is 0 Å². The smallest absolute Gasteiger partial charge is 0.293 e. The maximum Gasteiger partial charge on any atom is 0.293 e. The van der Waals surface area contributed by atoms with E-state index < -0.39 is 4.92 Å². The molecule has 0 atom stereocenters. The number of nitrogens with one attached hydrogen (secondary N) is 2. The minimum Gasteiger partial charge on any atom is -0.497 e. The number of benzene rings is 2. The van der Waals surface area contributed by atoms with Crippen molar-refractivity contribution in [3.05, 3.63) is 57.6 Å². The first-order valence-electron chi connectivity index (χ1n) is 9.65. The number of rotatable bonds is 6. The average Bonchev–Trinajstić information content (AvgIpc) is 2.71. The van der Waals surface area contributed by atoms with Crippen molar-refractivity contribution < 1.29 is 19.4 Å². The van der Waals surface area contributed by atoms with E-state index in [1.165, 1.54) is 6.07 Å². The zero-order chi connectivity index (χ0) is 21.0. The van der Waals surface area contributed by atoms with Crippen molar-refractivity contribution in [1.82, 2.24) is 0 Å². The van der Waals surface area contributed by atoms with E-state index in [9.17, 15) is 14.9 Å². The first kappa shape index (κ1) is 20.6. The maximum absolute atomic E-state index is 12.5. The Balaban J connectivity index is 1.58. The molecule has 2 N–H and O–H groups in total. The van der Waals surface area contributed by atoms with Gasteiger partial charge in [0.2, 0.25) is 0 Å². The molecule has 0 radical (unpaired) electrons. The Morgan fingerprint density at radius 3 is 2.55 bits per heavy atom. The van der Waals surface area contributed by atoms with Crippen molar-refractivity contribution >= 4 is 23.0 Å². The summed E-state index contributed by atoms with van der Waals surface area (Å²) in [6.45, 7) is 7.28. The van der Waals surface area contributed by atoms with Gasteiger partial charge in [-0.2, -0.15) is 0 Å². The van der Waals surface area contributed by atoms with E-state index in [4.69, 9.17) is 4.74 Å². The Bertz CT molecular complexity index is 908. The summed E-state index contributed by atoms with van der Waals surface area (Å²) in [5, 5.41) is 14.0. The van der Waals surface area contributed by atoms with Crippen molar-refractivity contribution in [1.29, 1.82) is 0 Å². The van der Waals surface area contributed by atoms with Crippen molar-refractivity contribution in [2.75, 3.05) is 50.1 Å². The molecule has 0 unspecified atom stereocenters. The van der Waals surface area contributed by atoms with Crippen LogP contribution in [0.25, 0.3) is 0 Å². The molecule has 1 saturated heterocycles. The molecule has 2 aromatic carbocycles. The van der Waals surface area contributed by atoms with Crippen molar-refractivity contribution in [3.8, 4) is 5.75 Å². The highest BCUT2D eigenvalue weighted by Gasteiger charge is 2.24. The predicted octanol–water partition coefficient (Wildman–Crippen LogP) is 1.56. The van der Waals surface area contributed by atoms with E-state index in [2.05, 4.69) is 16.3 Å². The molecule has 154 valence electrons. The molecule has 0 bridgehead atoms. The van der Waals surface area contributed by atoms with E-state index in [1.807, 2.05) is 32.0 Å². The standard InChI is InChI=1S/C21H26N4O4/c1-15-11-19(20(25(27)28)12-16(15)2)22-21(26)14-23-7-9-24(10-8-23)17-5-4-6-18(13-17)29-3/h4-6,11-13H,7-10,14H2,1-3H3,(H,22,26)/p+1. The van der Waals surface area contributed by atoms with Gasteiger partial charge in [-0.05, 0) is 43.2 Å². The number of hydrogen-bond donors (Lipinski definition) is 2. The number of methoxy groups -OCH3 is 1. The Kier molecular flexibility index (Phi) is 6.33. The maximum atomic E-state index is 12.5. The van der Waals surface area contributed by atoms with Crippen LogP contribution in [0.4, 0.5) is 17.1 Å². The van der Waals surface area contributed by atoms with Crippen LogP contribution in [0.3, 0.4) is 0 Å². The van der Waals surface area contributed by atoms with Gasteiger partial charge in [-0.3, -0.25) is 14.9 Å². The second-order valence-electron chi connectivity index (χ2n) is 7.37. The number of hydrogen-bond acceptors (Lipinski definition) is 5. The minimum absolute atomic E-state index is 0.0701. The first-order valence-corrected chi connectivity index (χ1v) is 9.65. The highest BCUT2D eigenvalue weighted by atomic mass is 16.6. The molecule has 1 amide bonds. The molecule has 1 aliphatic rings. The molecule has 8 nitrogen and oxygen atoms in total. The van der Waals surface area contributed by atoms with Gasteiger partial charge < -0.3 is 19.9 Å². The Morgan fingerprint density at radius 2 is 1.90 bits per heavy atom. The number of nitro benzene ring substituents is 1. The molecule has 3 rings (SSSR count).